The number of carbonyl (C=O) groups is 2. The molecular formula is C31H36O8S. The maximum absolute atomic E-state index is 13.3. The molecule has 0 saturated carbocycles. The van der Waals surface area contributed by atoms with Crippen LogP contribution in [0.2, 0.25) is 0 Å². The van der Waals surface area contributed by atoms with Gasteiger partial charge in [0.2, 0.25) is 0 Å². The molecule has 0 aliphatic carbocycles. The molecule has 0 aliphatic rings. The lowest BCUT2D eigenvalue weighted by Gasteiger charge is -2.15. The van der Waals surface area contributed by atoms with Crippen molar-refractivity contribution in [2.24, 2.45) is 5.92 Å². The second-order valence-electron chi connectivity index (χ2n) is 10.3. The lowest BCUT2D eigenvalue weighted by Crippen LogP contribution is -2.12. The highest BCUT2D eigenvalue weighted by Crippen LogP contribution is 2.29. The predicted octanol–water partition coefficient (Wildman–Crippen LogP) is 5.52. The summed E-state index contributed by atoms with van der Waals surface area (Å²) >= 11 is 0. The van der Waals surface area contributed by atoms with Crippen LogP contribution in [0.5, 0.6) is 17.2 Å². The van der Waals surface area contributed by atoms with Crippen LogP contribution in [0, 0.1) is 5.92 Å². The fraction of sp³-hybridized carbons (Fsp3) is 0.355. The molecule has 0 aliphatic heterocycles. The van der Waals surface area contributed by atoms with Crippen LogP contribution in [-0.2, 0) is 32.4 Å². The van der Waals surface area contributed by atoms with Gasteiger partial charge in [-0.2, -0.15) is 0 Å². The second-order valence-corrected chi connectivity index (χ2v) is 12.3. The molecule has 9 heteroatoms. The maximum atomic E-state index is 13.3. The Labute approximate surface area is 235 Å². The molecule has 0 atom stereocenters. The SMILES string of the molecule is CC(C)COc1ccc(C(=O)c2ccc(OCc3ccc(S(C)(=O)=O)cc3)c(CCC(=O)OC(C)C)c2)c(O)c1. The van der Waals surface area contributed by atoms with E-state index in [0.717, 1.165) is 11.8 Å². The number of hydrogen-bond donors (Lipinski definition) is 1. The van der Waals surface area contributed by atoms with Crippen molar-refractivity contribution in [3.8, 4) is 17.2 Å². The van der Waals surface area contributed by atoms with Crippen molar-refractivity contribution < 1.29 is 37.3 Å². The largest absolute Gasteiger partial charge is 0.507 e. The van der Waals surface area contributed by atoms with E-state index >= 15 is 0 Å². The first-order valence-corrected chi connectivity index (χ1v) is 15.0. The third-order valence-corrected chi connectivity index (χ3v) is 6.96. The summed E-state index contributed by atoms with van der Waals surface area (Å²) in [5.74, 6) is 0.312. The summed E-state index contributed by atoms with van der Waals surface area (Å²) in [6.45, 7) is 8.21. The van der Waals surface area contributed by atoms with Gasteiger partial charge in [-0.25, -0.2) is 8.42 Å². The number of sulfone groups is 1. The normalized spacial score (nSPS) is 11.5. The molecule has 3 aromatic rings. The van der Waals surface area contributed by atoms with E-state index in [1.54, 1.807) is 50.2 Å². The lowest BCUT2D eigenvalue weighted by atomic mass is 9.98. The summed E-state index contributed by atoms with van der Waals surface area (Å²) in [5.41, 5.74) is 1.82. The molecule has 0 amide bonds. The minimum absolute atomic E-state index is 0.0857. The van der Waals surface area contributed by atoms with E-state index < -0.39 is 9.84 Å². The van der Waals surface area contributed by atoms with Gasteiger partial charge in [0, 0.05) is 24.3 Å². The number of carbonyl (C=O) groups excluding carboxylic acids is 2. The number of rotatable bonds is 13. The van der Waals surface area contributed by atoms with Crippen molar-refractivity contribution in [3.63, 3.8) is 0 Å². The molecule has 40 heavy (non-hydrogen) atoms. The van der Waals surface area contributed by atoms with Crippen LogP contribution in [0.15, 0.2) is 65.6 Å². The molecule has 1 N–H and O–H groups in total. The van der Waals surface area contributed by atoms with Crippen LogP contribution in [0.1, 0.15) is 61.2 Å². The van der Waals surface area contributed by atoms with Crippen molar-refractivity contribution in [1.82, 2.24) is 0 Å². The zero-order chi connectivity index (χ0) is 29.4. The number of benzene rings is 3. The molecule has 0 unspecified atom stereocenters. The molecule has 0 aromatic heterocycles. The molecule has 0 saturated heterocycles. The zero-order valence-corrected chi connectivity index (χ0v) is 24.3. The number of phenols is 1. The quantitative estimate of drug-likeness (QED) is 0.212. The highest BCUT2D eigenvalue weighted by atomic mass is 32.2. The Kier molecular flexibility index (Phi) is 10.3. The first-order chi connectivity index (χ1) is 18.8. The van der Waals surface area contributed by atoms with E-state index in [1.807, 2.05) is 13.8 Å². The van der Waals surface area contributed by atoms with E-state index in [4.69, 9.17) is 14.2 Å². The molecule has 8 nitrogen and oxygen atoms in total. The standard InChI is InChI=1S/C31H36O8S/c1-20(2)18-37-25-10-13-27(28(32)17-25)31(34)24-8-14-29(23(16-24)9-15-30(33)39-21(3)4)38-19-22-6-11-26(12-7-22)40(5,35)36/h6-8,10-14,16-17,20-21,32H,9,15,18-19H2,1-5H3. The molecule has 0 bridgehead atoms. The van der Waals surface area contributed by atoms with Crippen LogP contribution in [0.4, 0.5) is 0 Å². The van der Waals surface area contributed by atoms with Crippen LogP contribution in [0.3, 0.4) is 0 Å². The fourth-order valence-electron chi connectivity index (χ4n) is 3.82. The Bertz CT molecular complexity index is 1440. The van der Waals surface area contributed by atoms with Crippen molar-refractivity contribution in [2.45, 2.75) is 58.1 Å². The average molecular weight is 569 g/mol. The number of hydrogen-bond acceptors (Lipinski definition) is 8. The van der Waals surface area contributed by atoms with Gasteiger partial charge in [0.25, 0.3) is 0 Å². The van der Waals surface area contributed by atoms with Crippen LogP contribution >= 0.6 is 0 Å². The molecule has 0 heterocycles. The fourth-order valence-corrected chi connectivity index (χ4v) is 4.45. The van der Waals surface area contributed by atoms with Crippen LogP contribution in [-0.4, -0.2) is 44.2 Å². The van der Waals surface area contributed by atoms with E-state index in [2.05, 4.69) is 0 Å². The van der Waals surface area contributed by atoms with Gasteiger partial charge in [-0.1, -0.05) is 26.0 Å². The van der Waals surface area contributed by atoms with E-state index in [9.17, 15) is 23.1 Å². The highest BCUT2D eigenvalue weighted by molar-refractivity contribution is 7.90. The van der Waals surface area contributed by atoms with Gasteiger partial charge in [-0.05, 0) is 79.8 Å². The summed E-state index contributed by atoms with van der Waals surface area (Å²) in [6, 6.07) is 15.9. The summed E-state index contributed by atoms with van der Waals surface area (Å²) < 4.78 is 40.3. The van der Waals surface area contributed by atoms with Crippen molar-refractivity contribution in [2.75, 3.05) is 12.9 Å². The smallest absolute Gasteiger partial charge is 0.306 e. The molecule has 214 valence electrons. The number of aromatic hydroxyl groups is 1. The third kappa shape index (κ3) is 8.84. The van der Waals surface area contributed by atoms with E-state index in [1.165, 1.54) is 24.3 Å². The number of ether oxygens (including phenoxy) is 3. The lowest BCUT2D eigenvalue weighted by molar-refractivity contribution is -0.147. The van der Waals surface area contributed by atoms with Gasteiger partial charge in [0.15, 0.2) is 15.6 Å². The monoisotopic (exact) mass is 568 g/mol. The Morgan fingerprint density at radius 2 is 1.60 bits per heavy atom. The van der Waals surface area contributed by atoms with Crippen molar-refractivity contribution >= 4 is 21.6 Å². The van der Waals surface area contributed by atoms with Crippen molar-refractivity contribution in [3.05, 3.63) is 82.9 Å². The van der Waals surface area contributed by atoms with Gasteiger partial charge in [-0.3, -0.25) is 9.59 Å². The molecule has 3 rings (SSSR count). The van der Waals surface area contributed by atoms with Crippen LogP contribution < -0.4 is 9.47 Å². The summed E-state index contributed by atoms with van der Waals surface area (Å²) in [7, 11) is -3.31. The highest BCUT2D eigenvalue weighted by Gasteiger charge is 2.18. The Morgan fingerprint density at radius 1 is 0.900 bits per heavy atom. The minimum atomic E-state index is -3.31. The summed E-state index contributed by atoms with van der Waals surface area (Å²) in [6.07, 6.45) is 1.25. The summed E-state index contributed by atoms with van der Waals surface area (Å²) in [5, 5.41) is 10.5. The van der Waals surface area contributed by atoms with Crippen molar-refractivity contribution in [1.29, 1.82) is 0 Å². The van der Waals surface area contributed by atoms with Gasteiger partial charge in [-0.15, -0.1) is 0 Å². The predicted molar refractivity (Wildman–Crippen MR) is 152 cm³/mol. The van der Waals surface area contributed by atoms with E-state index in [0.29, 0.717) is 35.2 Å². The first-order valence-electron chi connectivity index (χ1n) is 13.1. The number of phenolic OH excluding ortho intramolecular Hbond substituents is 1. The van der Waals surface area contributed by atoms with E-state index in [-0.39, 0.29) is 53.5 Å². The first kappa shape index (κ1) is 30.7. The maximum Gasteiger partial charge on any atom is 0.306 e. The average Bonchev–Trinajstić information content (AvgIpc) is 2.88. The topological polar surface area (TPSA) is 116 Å². The molecule has 3 aromatic carbocycles. The molecule has 0 fully saturated rings. The van der Waals surface area contributed by atoms with Gasteiger partial charge in [0.1, 0.15) is 23.9 Å². The Morgan fingerprint density at radius 3 is 2.20 bits per heavy atom. The Balaban J connectivity index is 1.83. The van der Waals surface area contributed by atoms with Gasteiger partial charge >= 0.3 is 5.97 Å². The number of ketones is 1. The molecular weight excluding hydrogens is 532 g/mol. The van der Waals surface area contributed by atoms with Gasteiger partial charge in [0.05, 0.1) is 23.2 Å². The Hall–Kier alpha value is -3.85. The second kappa shape index (κ2) is 13.5. The van der Waals surface area contributed by atoms with Gasteiger partial charge < -0.3 is 19.3 Å². The summed E-state index contributed by atoms with van der Waals surface area (Å²) in [4.78, 5) is 25.7. The van der Waals surface area contributed by atoms with Crippen LogP contribution in [0.25, 0.3) is 0 Å². The molecule has 0 radical (unpaired) electrons. The minimum Gasteiger partial charge on any atom is -0.507 e. The number of esters is 1. The molecule has 0 spiro atoms. The zero-order valence-electron chi connectivity index (χ0n) is 23.5. The number of aryl methyl sites for hydroxylation is 1. The third-order valence-electron chi connectivity index (χ3n) is 5.83.